The van der Waals surface area contributed by atoms with Gasteiger partial charge in [0.1, 0.15) is 0 Å². The van der Waals surface area contributed by atoms with Crippen LogP contribution in [0.3, 0.4) is 0 Å². The average molecular weight is 277 g/mol. The first-order valence-electron chi connectivity index (χ1n) is 7.55. The molecule has 0 bridgehead atoms. The molecule has 0 amide bonds. The van der Waals surface area contributed by atoms with Gasteiger partial charge in [-0.2, -0.15) is 0 Å². The second kappa shape index (κ2) is 4.32. The van der Waals surface area contributed by atoms with E-state index in [2.05, 4.69) is 78.9 Å². The van der Waals surface area contributed by atoms with Crippen molar-refractivity contribution in [2.24, 2.45) is 0 Å². The van der Waals surface area contributed by atoms with Crippen molar-refractivity contribution >= 4 is 43.1 Å². The van der Waals surface area contributed by atoms with Crippen molar-refractivity contribution < 1.29 is 0 Å². The molecule has 101 valence electrons. The van der Waals surface area contributed by atoms with E-state index in [4.69, 9.17) is 0 Å². The third-order valence-electron chi connectivity index (χ3n) is 4.59. The van der Waals surface area contributed by atoms with Gasteiger partial charge in [-0.15, -0.1) is 0 Å². The van der Waals surface area contributed by atoms with Crippen LogP contribution in [0.15, 0.2) is 78.9 Å². The highest BCUT2D eigenvalue weighted by Crippen LogP contribution is 2.34. The van der Waals surface area contributed by atoms with Crippen LogP contribution in [0.2, 0.25) is 0 Å². The van der Waals surface area contributed by atoms with Crippen LogP contribution in [0.1, 0.15) is 0 Å². The molecule has 22 heavy (non-hydrogen) atoms. The number of hydrogen-bond donors (Lipinski definition) is 0. The van der Waals surface area contributed by atoms with E-state index in [0.717, 1.165) is 0 Å². The highest BCUT2D eigenvalue weighted by molar-refractivity contribution is 6.21. The van der Waals surface area contributed by atoms with Gasteiger partial charge >= 0.3 is 0 Å². The summed E-state index contributed by atoms with van der Waals surface area (Å²) in [6, 6.07) is 31.4. The van der Waals surface area contributed by atoms with Gasteiger partial charge in [-0.3, -0.25) is 0 Å². The maximum absolute atomic E-state index is 3.21. The molecule has 0 unspecified atom stereocenters. The van der Waals surface area contributed by atoms with Crippen LogP contribution < -0.4 is 0 Å². The Balaban J connectivity index is 2.04. The van der Waals surface area contributed by atoms with Gasteiger partial charge < -0.3 is 0 Å². The lowest BCUT2D eigenvalue weighted by atomic mass is 9.94. The van der Waals surface area contributed by atoms with Gasteiger partial charge in [0.05, 0.1) is 0 Å². The summed E-state index contributed by atoms with van der Waals surface area (Å²) >= 11 is 0. The molecule has 0 nitrogen and oxygen atoms in total. The fourth-order valence-electron chi connectivity index (χ4n) is 3.52. The largest absolute Gasteiger partial charge is 0.0616 e. The second-order valence-corrected chi connectivity index (χ2v) is 5.76. The van der Waals surface area contributed by atoms with E-state index in [1.807, 2.05) is 6.07 Å². The summed E-state index contributed by atoms with van der Waals surface area (Å²) in [5.41, 5.74) is 0. The van der Waals surface area contributed by atoms with Crippen molar-refractivity contribution in [1.29, 1.82) is 0 Å². The first-order chi connectivity index (χ1) is 10.9. The highest BCUT2D eigenvalue weighted by atomic mass is 14.1. The summed E-state index contributed by atoms with van der Waals surface area (Å²) in [5.74, 6) is 0. The lowest BCUT2D eigenvalue weighted by molar-refractivity contribution is 1.77. The molecule has 0 saturated heterocycles. The number of benzene rings is 5. The van der Waals surface area contributed by atoms with Crippen LogP contribution in [-0.4, -0.2) is 0 Å². The Labute approximate surface area is 128 Å². The predicted octanol–water partition coefficient (Wildman–Crippen LogP) is 6.10. The summed E-state index contributed by atoms with van der Waals surface area (Å²) < 4.78 is 0. The van der Waals surface area contributed by atoms with E-state index < -0.39 is 0 Å². The van der Waals surface area contributed by atoms with Crippen LogP contribution in [0.4, 0.5) is 0 Å². The van der Waals surface area contributed by atoms with E-state index in [1.165, 1.54) is 43.1 Å². The predicted molar refractivity (Wildman–Crippen MR) is 95.3 cm³/mol. The first kappa shape index (κ1) is 11.8. The molecular formula is C22H13. The summed E-state index contributed by atoms with van der Waals surface area (Å²) in [6.07, 6.45) is 0. The Hall–Kier alpha value is -2.86. The minimum absolute atomic E-state index is 1.27. The van der Waals surface area contributed by atoms with E-state index >= 15 is 0 Å². The number of rotatable bonds is 0. The zero-order valence-electron chi connectivity index (χ0n) is 12.0. The van der Waals surface area contributed by atoms with Gasteiger partial charge in [0.25, 0.3) is 0 Å². The lowest BCUT2D eigenvalue weighted by Gasteiger charge is -2.09. The molecule has 5 aromatic rings. The highest BCUT2D eigenvalue weighted by Gasteiger charge is 2.06. The zero-order chi connectivity index (χ0) is 14.5. The standard InChI is InChI=1S/C22H13/c1-3-7-17-15(5-1)9-11-21-19(17)13-14-20-18-8-4-2-6-16(18)10-12-22(20)21/h1-3,5-14H. The minimum Gasteiger partial charge on any atom is -0.0616 e. The molecule has 0 aliphatic carbocycles. The van der Waals surface area contributed by atoms with Crippen LogP contribution in [0.25, 0.3) is 43.1 Å². The fraction of sp³-hybridized carbons (Fsp3) is 0. The SMILES string of the molecule is [c]1ccc2ccc3c(ccc4c5ccccc5ccc43)c2c1. The van der Waals surface area contributed by atoms with Crippen LogP contribution in [0.5, 0.6) is 0 Å². The van der Waals surface area contributed by atoms with Crippen molar-refractivity contribution in [2.75, 3.05) is 0 Å². The van der Waals surface area contributed by atoms with Crippen molar-refractivity contribution in [3.8, 4) is 0 Å². The van der Waals surface area contributed by atoms with E-state index in [0.29, 0.717) is 0 Å². The molecule has 0 spiro atoms. The summed E-state index contributed by atoms with van der Waals surface area (Å²) in [6.45, 7) is 0. The molecule has 0 aliphatic heterocycles. The number of fused-ring (bicyclic) bond motifs is 7. The molecule has 0 saturated carbocycles. The summed E-state index contributed by atoms with van der Waals surface area (Å²) in [4.78, 5) is 0. The van der Waals surface area contributed by atoms with Gasteiger partial charge in [0.15, 0.2) is 0 Å². The summed E-state index contributed by atoms with van der Waals surface area (Å²) in [5, 5.41) is 10.4. The van der Waals surface area contributed by atoms with Gasteiger partial charge in [-0.05, 0) is 55.2 Å². The molecule has 0 N–H and O–H groups in total. The maximum Gasteiger partial charge on any atom is -0.00987 e. The molecule has 0 fully saturated rings. The quantitative estimate of drug-likeness (QED) is 0.300. The molecule has 0 heterocycles. The second-order valence-electron chi connectivity index (χ2n) is 5.76. The zero-order valence-corrected chi connectivity index (χ0v) is 12.0. The van der Waals surface area contributed by atoms with Gasteiger partial charge in [0, 0.05) is 0 Å². The number of hydrogen-bond acceptors (Lipinski definition) is 0. The van der Waals surface area contributed by atoms with Crippen molar-refractivity contribution in [1.82, 2.24) is 0 Å². The van der Waals surface area contributed by atoms with Crippen LogP contribution >= 0.6 is 0 Å². The molecule has 0 heteroatoms. The van der Waals surface area contributed by atoms with Gasteiger partial charge in [0.2, 0.25) is 0 Å². The van der Waals surface area contributed by atoms with Crippen molar-refractivity contribution in [3.05, 3.63) is 84.9 Å². The van der Waals surface area contributed by atoms with Gasteiger partial charge in [-0.1, -0.05) is 72.8 Å². The fourth-order valence-corrected chi connectivity index (χ4v) is 3.52. The Kier molecular flexibility index (Phi) is 2.31. The van der Waals surface area contributed by atoms with E-state index in [9.17, 15) is 0 Å². The smallest absolute Gasteiger partial charge is 0.00987 e. The molecule has 0 atom stereocenters. The third-order valence-corrected chi connectivity index (χ3v) is 4.59. The lowest BCUT2D eigenvalue weighted by Crippen LogP contribution is -1.82. The molecular weight excluding hydrogens is 264 g/mol. The summed E-state index contributed by atoms with van der Waals surface area (Å²) in [7, 11) is 0. The normalized spacial score (nSPS) is 11.6. The minimum atomic E-state index is 1.27. The Bertz CT molecular complexity index is 1070. The Morgan fingerprint density at radius 1 is 0.455 bits per heavy atom. The van der Waals surface area contributed by atoms with E-state index in [-0.39, 0.29) is 0 Å². The third kappa shape index (κ3) is 1.52. The van der Waals surface area contributed by atoms with Gasteiger partial charge in [-0.25, -0.2) is 0 Å². The molecule has 0 aromatic heterocycles. The maximum atomic E-state index is 3.21. The first-order valence-corrected chi connectivity index (χ1v) is 7.55. The van der Waals surface area contributed by atoms with E-state index in [1.54, 1.807) is 0 Å². The van der Waals surface area contributed by atoms with Crippen LogP contribution in [-0.2, 0) is 0 Å². The monoisotopic (exact) mass is 277 g/mol. The Morgan fingerprint density at radius 3 is 1.86 bits per heavy atom. The van der Waals surface area contributed by atoms with Crippen LogP contribution in [0, 0.1) is 6.07 Å². The topological polar surface area (TPSA) is 0 Å². The molecule has 5 rings (SSSR count). The van der Waals surface area contributed by atoms with Crippen molar-refractivity contribution in [3.63, 3.8) is 0 Å². The average Bonchev–Trinajstić information content (AvgIpc) is 2.60. The molecule has 1 radical (unpaired) electrons. The Morgan fingerprint density at radius 2 is 1.05 bits per heavy atom. The molecule has 5 aromatic carbocycles. The van der Waals surface area contributed by atoms with Crippen molar-refractivity contribution in [2.45, 2.75) is 0 Å². The molecule has 0 aliphatic rings.